The molecule has 0 bridgehead atoms. The molecule has 2 rings (SSSR count). The van der Waals surface area contributed by atoms with E-state index in [2.05, 4.69) is 35.5 Å². The highest BCUT2D eigenvalue weighted by Crippen LogP contribution is 2.25. The fourth-order valence-corrected chi connectivity index (χ4v) is 3.32. The van der Waals surface area contributed by atoms with Crippen LogP contribution in [0.15, 0.2) is 35.8 Å². The first-order valence-electron chi connectivity index (χ1n) is 7.68. The lowest BCUT2D eigenvalue weighted by Gasteiger charge is -2.22. The standard InChI is InChI=1S/C17H24N4OS/c1-12(2)15(14-8-6-10-23-14)20-17(22)19-11-13-7-5-9-18-16(13)21(3)4/h5-10,12,15H,11H2,1-4H3,(H2,19,20,22)/t15-/m0/s1. The van der Waals surface area contributed by atoms with Gasteiger partial charge in [0, 0.05) is 37.3 Å². The van der Waals surface area contributed by atoms with Crippen LogP contribution in [0, 0.1) is 5.92 Å². The molecule has 0 aliphatic heterocycles. The number of amides is 2. The number of hydrogen-bond donors (Lipinski definition) is 2. The fraction of sp³-hybridized carbons (Fsp3) is 0.412. The van der Waals surface area contributed by atoms with Crippen molar-refractivity contribution in [2.45, 2.75) is 26.4 Å². The normalized spacial score (nSPS) is 12.0. The second-order valence-electron chi connectivity index (χ2n) is 5.94. The third-order valence-electron chi connectivity index (χ3n) is 3.53. The Bertz CT molecular complexity index is 625. The first-order chi connectivity index (χ1) is 11.0. The van der Waals surface area contributed by atoms with Gasteiger partial charge in [-0.15, -0.1) is 11.3 Å². The summed E-state index contributed by atoms with van der Waals surface area (Å²) in [5, 5.41) is 8.02. The number of carbonyl (C=O) groups excluding carboxylic acids is 1. The molecule has 2 amide bonds. The minimum absolute atomic E-state index is 0.0252. The third-order valence-corrected chi connectivity index (χ3v) is 4.49. The molecule has 2 aromatic rings. The number of nitrogens with zero attached hydrogens (tertiary/aromatic N) is 2. The lowest BCUT2D eigenvalue weighted by molar-refractivity contribution is 0.233. The lowest BCUT2D eigenvalue weighted by atomic mass is 10.0. The van der Waals surface area contributed by atoms with E-state index in [9.17, 15) is 4.79 Å². The van der Waals surface area contributed by atoms with Crippen LogP contribution in [0.2, 0.25) is 0 Å². The van der Waals surface area contributed by atoms with Crippen LogP contribution in [-0.2, 0) is 6.54 Å². The number of aromatic nitrogens is 1. The van der Waals surface area contributed by atoms with Gasteiger partial charge in [-0.3, -0.25) is 0 Å². The average molecular weight is 332 g/mol. The van der Waals surface area contributed by atoms with Crippen LogP contribution in [-0.4, -0.2) is 25.1 Å². The van der Waals surface area contributed by atoms with Crippen molar-refractivity contribution >= 4 is 23.2 Å². The molecule has 0 aromatic carbocycles. The van der Waals surface area contributed by atoms with E-state index in [1.54, 1.807) is 17.5 Å². The molecule has 0 aliphatic carbocycles. The molecule has 2 aromatic heterocycles. The third kappa shape index (κ3) is 4.69. The summed E-state index contributed by atoms with van der Waals surface area (Å²) in [6.45, 7) is 4.66. The summed E-state index contributed by atoms with van der Waals surface area (Å²) in [7, 11) is 3.88. The highest BCUT2D eigenvalue weighted by atomic mass is 32.1. The van der Waals surface area contributed by atoms with Crippen LogP contribution in [0.3, 0.4) is 0 Å². The van der Waals surface area contributed by atoms with Crippen LogP contribution < -0.4 is 15.5 Å². The second-order valence-corrected chi connectivity index (χ2v) is 6.92. The molecule has 2 heterocycles. The summed E-state index contributed by atoms with van der Waals surface area (Å²) in [6.07, 6.45) is 1.75. The molecule has 0 fully saturated rings. The maximum Gasteiger partial charge on any atom is 0.315 e. The predicted octanol–water partition coefficient (Wildman–Crippen LogP) is 3.41. The molecule has 23 heavy (non-hydrogen) atoms. The van der Waals surface area contributed by atoms with Crippen molar-refractivity contribution in [3.05, 3.63) is 46.3 Å². The molecule has 0 unspecified atom stereocenters. The van der Waals surface area contributed by atoms with Gasteiger partial charge in [-0.1, -0.05) is 26.0 Å². The van der Waals surface area contributed by atoms with Gasteiger partial charge in [-0.25, -0.2) is 9.78 Å². The molecule has 0 saturated heterocycles. The molecule has 1 atom stereocenters. The molecule has 0 aliphatic rings. The highest BCUT2D eigenvalue weighted by Gasteiger charge is 2.19. The Hall–Kier alpha value is -2.08. The van der Waals surface area contributed by atoms with Crippen LogP contribution in [0.4, 0.5) is 10.6 Å². The number of carbonyl (C=O) groups is 1. The largest absolute Gasteiger partial charge is 0.362 e. The van der Waals surface area contributed by atoms with Gasteiger partial charge in [0.2, 0.25) is 0 Å². The topological polar surface area (TPSA) is 57.3 Å². The van der Waals surface area contributed by atoms with Crippen LogP contribution in [0.25, 0.3) is 0 Å². The monoisotopic (exact) mass is 332 g/mol. The van der Waals surface area contributed by atoms with E-state index in [0.29, 0.717) is 12.5 Å². The van der Waals surface area contributed by atoms with Gasteiger partial charge in [0.15, 0.2) is 0 Å². The van der Waals surface area contributed by atoms with Crippen LogP contribution in [0.1, 0.15) is 30.3 Å². The van der Waals surface area contributed by atoms with Gasteiger partial charge < -0.3 is 15.5 Å². The summed E-state index contributed by atoms with van der Waals surface area (Å²) >= 11 is 1.66. The van der Waals surface area contributed by atoms with E-state index < -0.39 is 0 Å². The second kappa shape index (κ2) is 7.97. The molecule has 0 spiro atoms. The Kier molecular flexibility index (Phi) is 5.98. The first kappa shape index (κ1) is 17.3. The van der Waals surface area contributed by atoms with Gasteiger partial charge >= 0.3 is 6.03 Å². The summed E-state index contributed by atoms with van der Waals surface area (Å²) < 4.78 is 0. The fourth-order valence-electron chi connectivity index (χ4n) is 2.37. The van der Waals surface area contributed by atoms with Crippen LogP contribution >= 0.6 is 11.3 Å². The summed E-state index contributed by atoms with van der Waals surface area (Å²) in [5.41, 5.74) is 0.991. The Morgan fingerprint density at radius 3 is 2.70 bits per heavy atom. The van der Waals surface area contributed by atoms with Crippen molar-refractivity contribution < 1.29 is 4.79 Å². The van der Waals surface area contributed by atoms with E-state index in [-0.39, 0.29) is 12.1 Å². The van der Waals surface area contributed by atoms with Crippen molar-refractivity contribution in [3.63, 3.8) is 0 Å². The molecule has 5 nitrogen and oxygen atoms in total. The molecule has 124 valence electrons. The Morgan fingerprint density at radius 2 is 2.09 bits per heavy atom. The van der Waals surface area contributed by atoms with Crippen molar-refractivity contribution in [2.24, 2.45) is 5.92 Å². The lowest BCUT2D eigenvalue weighted by Crippen LogP contribution is -2.39. The van der Waals surface area contributed by atoms with E-state index in [0.717, 1.165) is 11.4 Å². The molecular formula is C17H24N4OS. The van der Waals surface area contributed by atoms with E-state index >= 15 is 0 Å². The first-order valence-corrected chi connectivity index (χ1v) is 8.56. The number of anilines is 1. The van der Waals surface area contributed by atoms with Crippen molar-refractivity contribution in [1.82, 2.24) is 15.6 Å². The maximum absolute atomic E-state index is 12.3. The minimum Gasteiger partial charge on any atom is -0.362 e. The van der Waals surface area contributed by atoms with E-state index in [4.69, 9.17) is 0 Å². The molecule has 0 radical (unpaired) electrons. The van der Waals surface area contributed by atoms with Gasteiger partial charge in [-0.2, -0.15) is 0 Å². The van der Waals surface area contributed by atoms with Crippen LogP contribution in [0.5, 0.6) is 0 Å². The highest BCUT2D eigenvalue weighted by molar-refractivity contribution is 7.10. The van der Waals surface area contributed by atoms with E-state index in [1.807, 2.05) is 42.6 Å². The molecule has 2 N–H and O–H groups in total. The summed E-state index contributed by atoms with van der Waals surface area (Å²) in [5.74, 6) is 1.20. The predicted molar refractivity (Wildman–Crippen MR) is 95.8 cm³/mol. The van der Waals surface area contributed by atoms with Crippen molar-refractivity contribution in [3.8, 4) is 0 Å². The Labute approximate surface area is 141 Å². The van der Waals surface area contributed by atoms with Crippen molar-refractivity contribution in [1.29, 1.82) is 0 Å². The zero-order valence-electron chi connectivity index (χ0n) is 14.0. The van der Waals surface area contributed by atoms with Gasteiger partial charge in [0.05, 0.1) is 6.04 Å². The number of nitrogens with one attached hydrogen (secondary N) is 2. The number of hydrogen-bond acceptors (Lipinski definition) is 4. The van der Waals surface area contributed by atoms with Gasteiger partial charge in [0.25, 0.3) is 0 Å². The van der Waals surface area contributed by atoms with Gasteiger partial charge in [0.1, 0.15) is 5.82 Å². The average Bonchev–Trinajstić information content (AvgIpc) is 3.04. The van der Waals surface area contributed by atoms with Crippen molar-refractivity contribution in [2.75, 3.05) is 19.0 Å². The smallest absolute Gasteiger partial charge is 0.315 e. The summed E-state index contributed by atoms with van der Waals surface area (Å²) in [4.78, 5) is 19.7. The van der Waals surface area contributed by atoms with E-state index in [1.165, 1.54) is 4.88 Å². The van der Waals surface area contributed by atoms with Gasteiger partial charge in [-0.05, 0) is 23.4 Å². The number of urea groups is 1. The minimum atomic E-state index is -0.161. The Balaban J connectivity index is 1.97. The molecule has 0 saturated carbocycles. The zero-order chi connectivity index (χ0) is 16.8. The number of pyridine rings is 1. The quantitative estimate of drug-likeness (QED) is 0.852. The number of thiophene rings is 1. The molecular weight excluding hydrogens is 308 g/mol. The zero-order valence-corrected chi connectivity index (χ0v) is 14.9. The Morgan fingerprint density at radius 1 is 1.30 bits per heavy atom. The SMILES string of the molecule is CC(C)[C@H](NC(=O)NCc1cccnc1N(C)C)c1cccs1. The maximum atomic E-state index is 12.3. The summed E-state index contributed by atoms with van der Waals surface area (Å²) in [6, 6.07) is 7.78. The molecule has 6 heteroatoms. The number of rotatable bonds is 6.